The minimum absolute atomic E-state index is 0.373. The van der Waals surface area contributed by atoms with Gasteiger partial charge in [0, 0.05) is 5.56 Å². The second kappa shape index (κ2) is 6.23. The molecule has 0 bridgehead atoms. The third-order valence-corrected chi connectivity index (χ3v) is 3.93. The molecule has 0 heterocycles. The second-order valence-electron chi connectivity index (χ2n) is 5.29. The minimum atomic E-state index is -1.50. The van der Waals surface area contributed by atoms with Gasteiger partial charge in [0.1, 0.15) is 17.2 Å². The summed E-state index contributed by atoms with van der Waals surface area (Å²) in [6.07, 6.45) is 0. The lowest BCUT2D eigenvalue weighted by Gasteiger charge is -2.31. The van der Waals surface area contributed by atoms with Crippen LogP contribution < -0.4 is 4.74 Å². The molecular weight excluding hydrogens is 291 g/mol. The van der Waals surface area contributed by atoms with Gasteiger partial charge < -0.3 is 9.84 Å². The van der Waals surface area contributed by atoms with E-state index in [-0.39, 0.29) is 0 Å². The van der Waals surface area contributed by atoms with Crippen molar-refractivity contribution in [2.45, 2.75) is 5.60 Å². The Morgan fingerprint density at radius 3 is 1.83 bits per heavy atom. The molecule has 0 fully saturated rings. The standard InChI is InChI=1S/C20H17FO2/c1-23-19-13-12-17(21)14-18(19)20(22,15-8-4-2-5-9-15)16-10-6-3-7-11-16/h2-14,22H,1H3. The van der Waals surface area contributed by atoms with Crippen molar-refractivity contribution in [3.63, 3.8) is 0 Å². The van der Waals surface area contributed by atoms with Crippen LogP contribution in [0.25, 0.3) is 0 Å². The average molecular weight is 308 g/mol. The van der Waals surface area contributed by atoms with Crippen LogP contribution in [0.5, 0.6) is 5.75 Å². The van der Waals surface area contributed by atoms with E-state index < -0.39 is 11.4 Å². The summed E-state index contributed by atoms with van der Waals surface area (Å²) in [5, 5.41) is 11.6. The first-order valence-corrected chi connectivity index (χ1v) is 7.33. The van der Waals surface area contributed by atoms with Gasteiger partial charge in [-0.05, 0) is 29.3 Å². The van der Waals surface area contributed by atoms with Gasteiger partial charge in [0.2, 0.25) is 0 Å². The molecule has 3 rings (SSSR count). The molecule has 0 unspecified atom stereocenters. The smallest absolute Gasteiger partial charge is 0.144 e. The molecule has 0 saturated heterocycles. The highest BCUT2D eigenvalue weighted by molar-refractivity contribution is 5.52. The summed E-state index contributed by atoms with van der Waals surface area (Å²) in [5.41, 5.74) is 0.165. The summed E-state index contributed by atoms with van der Waals surface area (Å²) >= 11 is 0. The van der Waals surface area contributed by atoms with Gasteiger partial charge in [-0.2, -0.15) is 0 Å². The number of rotatable bonds is 4. The Labute approximate surface area is 134 Å². The van der Waals surface area contributed by atoms with E-state index in [4.69, 9.17) is 4.74 Å². The van der Waals surface area contributed by atoms with Crippen LogP contribution in [0.1, 0.15) is 16.7 Å². The zero-order chi connectivity index (χ0) is 16.3. The summed E-state index contributed by atoms with van der Waals surface area (Å²) in [7, 11) is 1.51. The van der Waals surface area contributed by atoms with Crippen LogP contribution in [0.3, 0.4) is 0 Å². The maximum atomic E-state index is 13.9. The Morgan fingerprint density at radius 2 is 1.35 bits per heavy atom. The van der Waals surface area contributed by atoms with Gasteiger partial charge in [-0.3, -0.25) is 0 Å². The number of methoxy groups -OCH3 is 1. The third-order valence-electron chi connectivity index (χ3n) is 3.93. The lowest BCUT2D eigenvalue weighted by molar-refractivity contribution is 0.121. The molecule has 0 atom stereocenters. The maximum absolute atomic E-state index is 13.9. The van der Waals surface area contributed by atoms with Crippen LogP contribution in [-0.4, -0.2) is 12.2 Å². The van der Waals surface area contributed by atoms with Crippen molar-refractivity contribution in [1.29, 1.82) is 0 Å². The second-order valence-corrected chi connectivity index (χ2v) is 5.29. The van der Waals surface area contributed by atoms with E-state index in [9.17, 15) is 9.50 Å². The topological polar surface area (TPSA) is 29.5 Å². The Morgan fingerprint density at radius 1 is 0.826 bits per heavy atom. The highest BCUT2D eigenvalue weighted by Crippen LogP contribution is 2.41. The molecule has 116 valence electrons. The molecule has 3 aromatic carbocycles. The number of hydrogen-bond donors (Lipinski definition) is 1. The fourth-order valence-electron chi connectivity index (χ4n) is 2.80. The Balaban J connectivity index is 2.32. The van der Waals surface area contributed by atoms with Crippen LogP contribution >= 0.6 is 0 Å². The Kier molecular flexibility index (Phi) is 4.13. The fourth-order valence-corrected chi connectivity index (χ4v) is 2.80. The SMILES string of the molecule is COc1ccc(F)cc1C(O)(c1ccccc1)c1ccccc1. The van der Waals surface area contributed by atoms with E-state index in [1.807, 2.05) is 60.7 Å². The molecule has 0 saturated carbocycles. The van der Waals surface area contributed by atoms with Crippen LogP contribution in [0.15, 0.2) is 78.9 Å². The van der Waals surface area contributed by atoms with Crippen molar-refractivity contribution in [2.24, 2.45) is 0 Å². The summed E-state index contributed by atoms with van der Waals surface area (Å²) < 4.78 is 19.2. The third kappa shape index (κ3) is 2.71. The van der Waals surface area contributed by atoms with E-state index in [2.05, 4.69) is 0 Å². The predicted octanol–water partition coefficient (Wildman–Crippen LogP) is 4.12. The molecule has 2 nitrogen and oxygen atoms in total. The Hall–Kier alpha value is -2.65. The van der Waals surface area contributed by atoms with Crippen molar-refractivity contribution >= 4 is 0 Å². The van der Waals surface area contributed by atoms with Gasteiger partial charge in [-0.1, -0.05) is 60.7 Å². The first kappa shape index (κ1) is 15.3. The summed E-state index contributed by atoms with van der Waals surface area (Å²) in [4.78, 5) is 0. The molecule has 0 aromatic heterocycles. The van der Waals surface area contributed by atoms with Crippen LogP contribution in [0, 0.1) is 5.82 Å². The summed E-state index contributed by atoms with van der Waals surface area (Å²) in [5.74, 6) is 0.00712. The number of ether oxygens (including phenoxy) is 1. The summed E-state index contributed by atoms with van der Waals surface area (Å²) in [6, 6.07) is 22.5. The molecule has 0 aliphatic rings. The molecular formula is C20H17FO2. The van der Waals surface area contributed by atoms with Crippen LogP contribution in [0.4, 0.5) is 4.39 Å². The van der Waals surface area contributed by atoms with E-state index >= 15 is 0 Å². The van der Waals surface area contributed by atoms with Gasteiger partial charge in [0.25, 0.3) is 0 Å². The minimum Gasteiger partial charge on any atom is -0.496 e. The van der Waals surface area contributed by atoms with Crippen molar-refractivity contribution in [1.82, 2.24) is 0 Å². The average Bonchev–Trinajstić information content (AvgIpc) is 2.62. The van der Waals surface area contributed by atoms with Crippen molar-refractivity contribution in [2.75, 3.05) is 7.11 Å². The number of benzene rings is 3. The lowest BCUT2D eigenvalue weighted by atomic mass is 9.80. The van der Waals surface area contributed by atoms with Gasteiger partial charge in [0.15, 0.2) is 0 Å². The van der Waals surface area contributed by atoms with Gasteiger partial charge in [0.05, 0.1) is 7.11 Å². The van der Waals surface area contributed by atoms with Crippen molar-refractivity contribution < 1.29 is 14.2 Å². The number of halogens is 1. The highest BCUT2D eigenvalue weighted by Gasteiger charge is 2.36. The van der Waals surface area contributed by atoms with Crippen molar-refractivity contribution in [3.8, 4) is 5.75 Å². The molecule has 0 aliphatic carbocycles. The van der Waals surface area contributed by atoms with E-state index in [0.29, 0.717) is 22.4 Å². The zero-order valence-electron chi connectivity index (χ0n) is 12.7. The molecule has 0 spiro atoms. The van der Waals surface area contributed by atoms with Crippen molar-refractivity contribution in [3.05, 3.63) is 101 Å². The maximum Gasteiger partial charge on any atom is 0.144 e. The first-order valence-electron chi connectivity index (χ1n) is 7.33. The quantitative estimate of drug-likeness (QED) is 0.735. The van der Waals surface area contributed by atoms with Gasteiger partial charge in [-0.15, -0.1) is 0 Å². The molecule has 23 heavy (non-hydrogen) atoms. The van der Waals surface area contributed by atoms with E-state index in [1.54, 1.807) is 0 Å². The first-order chi connectivity index (χ1) is 11.2. The molecule has 3 aromatic rings. The Bertz CT molecular complexity index is 746. The normalized spacial score (nSPS) is 11.3. The lowest BCUT2D eigenvalue weighted by Crippen LogP contribution is -2.29. The predicted molar refractivity (Wildman–Crippen MR) is 87.9 cm³/mol. The number of hydrogen-bond acceptors (Lipinski definition) is 2. The van der Waals surface area contributed by atoms with Crippen LogP contribution in [0.2, 0.25) is 0 Å². The largest absolute Gasteiger partial charge is 0.496 e. The monoisotopic (exact) mass is 308 g/mol. The molecule has 0 aliphatic heterocycles. The summed E-state index contributed by atoms with van der Waals surface area (Å²) in [6.45, 7) is 0. The van der Waals surface area contributed by atoms with E-state index in [0.717, 1.165) is 0 Å². The molecule has 0 radical (unpaired) electrons. The molecule has 3 heteroatoms. The molecule has 0 amide bonds. The molecule has 1 N–H and O–H groups in total. The van der Waals surface area contributed by atoms with Crippen LogP contribution in [-0.2, 0) is 5.60 Å². The van der Waals surface area contributed by atoms with Gasteiger partial charge in [-0.25, -0.2) is 4.39 Å². The fraction of sp³-hybridized carbons (Fsp3) is 0.100. The number of aliphatic hydroxyl groups is 1. The zero-order valence-corrected chi connectivity index (χ0v) is 12.7. The van der Waals surface area contributed by atoms with E-state index in [1.165, 1.54) is 25.3 Å². The highest BCUT2D eigenvalue weighted by atomic mass is 19.1. The van der Waals surface area contributed by atoms with Gasteiger partial charge >= 0.3 is 0 Å².